The van der Waals surface area contributed by atoms with Gasteiger partial charge in [-0.2, -0.15) is 0 Å². The highest BCUT2D eigenvalue weighted by Crippen LogP contribution is 2.18. The lowest BCUT2D eigenvalue weighted by Gasteiger charge is -2.30. The number of hydrogen-bond acceptors (Lipinski definition) is 5. The molecule has 0 aromatic carbocycles. The fourth-order valence-corrected chi connectivity index (χ4v) is 1.97. The zero-order valence-electron chi connectivity index (χ0n) is 12.6. The molecule has 6 nitrogen and oxygen atoms in total. The molecule has 0 fully saturated rings. The summed E-state index contributed by atoms with van der Waals surface area (Å²) < 4.78 is 5.16. The Morgan fingerprint density at radius 1 is 1.55 bits per heavy atom. The molecule has 0 saturated carbocycles. The summed E-state index contributed by atoms with van der Waals surface area (Å²) in [5.74, 6) is 0.908. The van der Waals surface area contributed by atoms with Crippen LogP contribution in [-0.2, 0) is 4.74 Å². The second-order valence-electron chi connectivity index (χ2n) is 4.78. The molecule has 1 rings (SSSR count). The molecule has 0 bridgehead atoms. The molecule has 6 heteroatoms. The predicted molar refractivity (Wildman–Crippen MR) is 80.5 cm³/mol. The van der Waals surface area contributed by atoms with Crippen molar-refractivity contribution in [3.05, 3.63) is 23.4 Å². The van der Waals surface area contributed by atoms with E-state index in [9.17, 15) is 0 Å². The van der Waals surface area contributed by atoms with Gasteiger partial charge in [0.1, 0.15) is 5.82 Å². The van der Waals surface area contributed by atoms with Gasteiger partial charge >= 0.3 is 0 Å². The summed E-state index contributed by atoms with van der Waals surface area (Å²) in [7, 11) is 1.68. The molecule has 112 valence electrons. The number of aryl methyl sites for hydroxylation is 1. The minimum Gasteiger partial charge on any atom is -0.409 e. The summed E-state index contributed by atoms with van der Waals surface area (Å²) in [6.45, 7) is 7.53. The normalized spacial score (nSPS) is 13.3. The highest BCUT2D eigenvalue weighted by atomic mass is 16.5. The van der Waals surface area contributed by atoms with Gasteiger partial charge in [-0.05, 0) is 32.4 Å². The molecule has 3 N–H and O–H groups in total. The summed E-state index contributed by atoms with van der Waals surface area (Å²) in [4.78, 5) is 6.72. The van der Waals surface area contributed by atoms with Gasteiger partial charge in [0.2, 0.25) is 0 Å². The van der Waals surface area contributed by atoms with E-state index in [1.807, 2.05) is 13.0 Å². The number of methoxy groups -OCH3 is 1. The van der Waals surface area contributed by atoms with Crippen molar-refractivity contribution >= 4 is 11.7 Å². The number of nitrogens with two attached hydrogens (primary N) is 1. The highest BCUT2D eigenvalue weighted by Gasteiger charge is 2.16. The summed E-state index contributed by atoms with van der Waals surface area (Å²) in [5.41, 5.74) is 7.17. The Balaban J connectivity index is 3.15. The number of ether oxygens (including phenoxy) is 1. The third-order valence-electron chi connectivity index (χ3n) is 3.30. The van der Waals surface area contributed by atoms with E-state index in [0.29, 0.717) is 18.2 Å². The van der Waals surface area contributed by atoms with Crippen molar-refractivity contribution < 1.29 is 9.94 Å². The van der Waals surface area contributed by atoms with Crippen molar-refractivity contribution in [3.63, 3.8) is 0 Å². The van der Waals surface area contributed by atoms with Crippen molar-refractivity contribution in [2.45, 2.75) is 33.2 Å². The Morgan fingerprint density at radius 2 is 2.25 bits per heavy atom. The van der Waals surface area contributed by atoms with Crippen LogP contribution in [0.1, 0.15) is 31.5 Å². The molecular formula is C14H24N4O2. The number of rotatable bonds is 7. The lowest BCUT2D eigenvalue weighted by molar-refractivity contribution is 0.203. The second kappa shape index (κ2) is 7.69. The average molecular weight is 280 g/mol. The minimum absolute atomic E-state index is 0.0904. The fourth-order valence-electron chi connectivity index (χ4n) is 1.97. The SMILES string of the molecule is CCC(C)N(CCOC)c1cc(/C(N)=N/O)cc(C)n1. The van der Waals surface area contributed by atoms with Gasteiger partial charge in [-0.15, -0.1) is 0 Å². The summed E-state index contributed by atoms with van der Waals surface area (Å²) >= 11 is 0. The molecule has 1 atom stereocenters. The van der Waals surface area contributed by atoms with Crippen LogP contribution in [0.4, 0.5) is 5.82 Å². The summed E-state index contributed by atoms with van der Waals surface area (Å²) in [6.07, 6.45) is 0.998. The molecular weight excluding hydrogens is 256 g/mol. The van der Waals surface area contributed by atoms with Crippen LogP contribution in [0.3, 0.4) is 0 Å². The van der Waals surface area contributed by atoms with Gasteiger partial charge < -0.3 is 20.6 Å². The van der Waals surface area contributed by atoms with Crippen LogP contribution >= 0.6 is 0 Å². The zero-order chi connectivity index (χ0) is 15.1. The lowest BCUT2D eigenvalue weighted by Crippen LogP contribution is -2.36. The van der Waals surface area contributed by atoms with Crippen molar-refractivity contribution in [1.29, 1.82) is 0 Å². The third-order valence-corrected chi connectivity index (χ3v) is 3.30. The van der Waals surface area contributed by atoms with Gasteiger partial charge in [-0.25, -0.2) is 4.98 Å². The molecule has 1 aromatic rings. The lowest BCUT2D eigenvalue weighted by atomic mass is 10.1. The van der Waals surface area contributed by atoms with Crippen molar-refractivity contribution in [2.75, 3.05) is 25.2 Å². The van der Waals surface area contributed by atoms with Crippen LogP contribution < -0.4 is 10.6 Å². The van der Waals surface area contributed by atoms with Crippen LogP contribution in [0, 0.1) is 6.92 Å². The monoisotopic (exact) mass is 280 g/mol. The first-order valence-corrected chi connectivity index (χ1v) is 6.75. The Morgan fingerprint density at radius 3 is 2.80 bits per heavy atom. The smallest absolute Gasteiger partial charge is 0.170 e. The van der Waals surface area contributed by atoms with Crippen molar-refractivity contribution in [1.82, 2.24) is 4.98 Å². The van der Waals surface area contributed by atoms with E-state index >= 15 is 0 Å². The number of pyridine rings is 1. The van der Waals surface area contributed by atoms with Crippen LogP contribution in [0.5, 0.6) is 0 Å². The van der Waals surface area contributed by atoms with Gasteiger partial charge in [0.25, 0.3) is 0 Å². The number of aromatic nitrogens is 1. The highest BCUT2D eigenvalue weighted by molar-refractivity contribution is 5.97. The van der Waals surface area contributed by atoms with Crippen LogP contribution in [0.25, 0.3) is 0 Å². The van der Waals surface area contributed by atoms with E-state index in [1.54, 1.807) is 13.2 Å². The second-order valence-corrected chi connectivity index (χ2v) is 4.78. The minimum atomic E-state index is 0.0904. The molecule has 1 unspecified atom stereocenters. The first-order valence-electron chi connectivity index (χ1n) is 6.75. The van der Waals surface area contributed by atoms with Gasteiger partial charge in [-0.3, -0.25) is 0 Å². The summed E-state index contributed by atoms with van der Waals surface area (Å²) in [6, 6.07) is 3.97. The number of amidine groups is 1. The van der Waals surface area contributed by atoms with Crippen molar-refractivity contribution in [3.8, 4) is 0 Å². The van der Waals surface area contributed by atoms with Crippen LogP contribution in [0.15, 0.2) is 17.3 Å². The molecule has 1 heterocycles. The average Bonchev–Trinajstić information content (AvgIpc) is 2.45. The third kappa shape index (κ3) is 4.09. The number of nitrogens with zero attached hydrogens (tertiary/aromatic N) is 3. The Kier molecular flexibility index (Phi) is 6.24. The van der Waals surface area contributed by atoms with Crippen LogP contribution in [0.2, 0.25) is 0 Å². The fraction of sp³-hybridized carbons (Fsp3) is 0.571. The maximum absolute atomic E-state index is 8.81. The first-order chi connectivity index (χ1) is 9.53. The zero-order valence-corrected chi connectivity index (χ0v) is 12.6. The molecule has 0 aliphatic carbocycles. The quantitative estimate of drug-likeness (QED) is 0.344. The van der Waals surface area contributed by atoms with Crippen molar-refractivity contribution in [2.24, 2.45) is 10.9 Å². The van der Waals surface area contributed by atoms with E-state index < -0.39 is 0 Å². The molecule has 0 aliphatic heterocycles. The first kappa shape index (κ1) is 16.2. The van der Waals surface area contributed by atoms with E-state index in [2.05, 4.69) is 28.9 Å². The van der Waals surface area contributed by atoms with E-state index in [-0.39, 0.29) is 5.84 Å². The van der Waals surface area contributed by atoms with E-state index in [1.165, 1.54) is 0 Å². The molecule has 20 heavy (non-hydrogen) atoms. The topological polar surface area (TPSA) is 84.0 Å². The van der Waals surface area contributed by atoms with E-state index in [0.717, 1.165) is 24.5 Å². The maximum Gasteiger partial charge on any atom is 0.170 e. The number of oxime groups is 1. The van der Waals surface area contributed by atoms with Gasteiger partial charge in [-0.1, -0.05) is 12.1 Å². The van der Waals surface area contributed by atoms with E-state index in [4.69, 9.17) is 15.7 Å². The number of anilines is 1. The Bertz CT molecular complexity index is 462. The van der Waals surface area contributed by atoms with Gasteiger partial charge in [0.15, 0.2) is 5.84 Å². The maximum atomic E-state index is 8.81. The Labute approximate surface area is 120 Å². The molecule has 0 spiro atoms. The standard InChI is InChI=1S/C14H24N4O2/c1-5-11(3)18(6-7-20-4)13-9-12(14(15)17-19)8-10(2)16-13/h8-9,11,19H,5-7H2,1-4H3,(H2,15,17). The summed E-state index contributed by atoms with van der Waals surface area (Å²) in [5, 5.41) is 11.9. The molecule has 0 radical (unpaired) electrons. The molecule has 1 aromatic heterocycles. The molecule has 0 saturated heterocycles. The number of hydrogen-bond donors (Lipinski definition) is 2. The van der Waals surface area contributed by atoms with Gasteiger partial charge in [0.05, 0.1) is 6.61 Å². The largest absolute Gasteiger partial charge is 0.409 e. The molecule has 0 aliphatic rings. The molecule has 0 amide bonds. The van der Waals surface area contributed by atoms with Gasteiger partial charge in [0, 0.05) is 31.0 Å². The Hall–Kier alpha value is -1.82. The predicted octanol–water partition coefficient (Wildman–Crippen LogP) is 1.74. The van der Waals surface area contributed by atoms with Crippen LogP contribution in [-0.4, -0.2) is 42.3 Å².